The third-order valence-electron chi connectivity index (χ3n) is 2.84. The summed E-state index contributed by atoms with van der Waals surface area (Å²) in [6, 6.07) is -0.686. The van der Waals surface area contributed by atoms with Crippen molar-refractivity contribution in [3.05, 3.63) is 0 Å². The van der Waals surface area contributed by atoms with Crippen LogP contribution in [0.1, 0.15) is 12.8 Å². The van der Waals surface area contributed by atoms with Gasteiger partial charge in [-0.2, -0.15) is 0 Å². The van der Waals surface area contributed by atoms with Gasteiger partial charge in [0.15, 0.2) is 0 Å². The third-order valence-corrected chi connectivity index (χ3v) is 2.84. The highest BCUT2D eigenvalue weighted by molar-refractivity contribution is 6.04. The first-order chi connectivity index (χ1) is 8.49. The number of amides is 4. The molecule has 18 heavy (non-hydrogen) atoms. The van der Waals surface area contributed by atoms with Gasteiger partial charge in [-0.15, -0.1) is 0 Å². The molecule has 1 saturated heterocycles. The van der Waals surface area contributed by atoms with Gasteiger partial charge in [0.2, 0.25) is 5.91 Å². The molecule has 1 saturated carbocycles. The Morgan fingerprint density at radius 3 is 2.50 bits per heavy atom. The van der Waals surface area contributed by atoms with Crippen LogP contribution < -0.4 is 5.32 Å². The van der Waals surface area contributed by atoms with Gasteiger partial charge in [-0.1, -0.05) is 0 Å². The zero-order chi connectivity index (χ0) is 13.3. The average Bonchev–Trinajstić information content (AvgIpc) is 3.08. The SMILES string of the molecule is O=C(O)CN(C(=O)CN1C(=O)CNC1=O)C1CC1. The molecular formula is C10H13N3O5. The standard InChI is InChI=1S/C10H13N3O5/c14-7-3-11-10(18)13(7)4-8(15)12(5-9(16)17)6-1-2-6/h6H,1-5H2,(H,11,18)(H,16,17). The van der Waals surface area contributed by atoms with Crippen LogP contribution in [0.5, 0.6) is 0 Å². The van der Waals surface area contributed by atoms with Crippen molar-refractivity contribution >= 4 is 23.8 Å². The third kappa shape index (κ3) is 2.58. The summed E-state index contributed by atoms with van der Waals surface area (Å²) >= 11 is 0. The highest BCUT2D eigenvalue weighted by atomic mass is 16.4. The van der Waals surface area contributed by atoms with Crippen molar-refractivity contribution in [3.63, 3.8) is 0 Å². The van der Waals surface area contributed by atoms with Crippen LogP contribution >= 0.6 is 0 Å². The summed E-state index contributed by atoms with van der Waals surface area (Å²) in [7, 11) is 0. The number of carboxylic acids is 1. The quantitative estimate of drug-likeness (QED) is 0.588. The summed E-state index contributed by atoms with van der Waals surface area (Å²) in [6.45, 7) is -0.907. The van der Waals surface area contributed by atoms with Crippen molar-refractivity contribution in [2.75, 3.05) is 19.6 Å². The molecule has 2 rings (SSSR count). The fraction of sp³-hybridized carbons (Fsp3) is 0.600. The van der Waals surface area contributed by atoms with Crippen molar-refractivity contribution < 1.29 is 24.3 Å². The predicted molar refractivity (Wildman–Crippen MR) is 57.5 cm³/mol. The van der Waals surface area contributed by atoms with Crippen LogP contribution in [-0.2, 0) is 14.4 Å². The Kier molecular flexibility index (Phi) is 3.17. The first kappa shape index (κ1) is 12.3. The molecule has 0 aromatic carbocycles. The number of rotatable bonds is 5. The number of nitrogens with one attached hydrogen (secondary N) is 1. The molecule has 0 bridgehead atoms. The van der Waals surface area contributed by atoms with Crippen molar-refractivity contribution in [2.24, 2.45) is 0 Å². The fourth-order valence-corrected chi connectivity index (χ4v) is 1.79. The number of hydrogen-bond acceptors (Lipinski definition) is 4. The van der Waals surface area contributed by atoms with Gasteiger partial charge in [0, 0.05) is 6.04 Å². The normalized spacial score (nSPS) is 18.8. The molecule has 1 aliphatic heterocycles. The lowest BCUT2D eigenvalue weighted by Crippen LogP contribution is -2.45. The Bertz CT molecular complexity index is 402. The molecule has 2 fully saturated rings. The first-order valence-corrected chi connectivity index (χ1v) is 5.58. The Labute approximate surface area is 103 Å². The Morgan fingerprint density at radius 2 is 2.06 bits per heavy atom. The smallest absolute Gasteiger partial charge is 0.325 e. The van der Waals surface area contributed by atoms with E-state index in [0.717, 1.165) is 17.7 Å². The molecule has 0 atom stereocenters. The summed E-state index contributed by atoms with van der Waals surface area (Å²) in [5.41, 5.74) is 0. The van der Waals surface area contributed by atoms with Crippen molar-refractivity contribution in [3.8, 4) is 0 Å². The van der Waals surface area contributed by atoms with Gasteiger partial charge in [-0.3, -0.25) is 19.3 Å². The number of hydrogen-bond donors (Lipinski definition) is 2. The van der Waals surface area contributed by atoms with E-state index in [0.29, 0.717) is 0 Å². The van der Waals surface area contributed by atoms with E-state index < -0.39 is 36.9 Å². The van der Waals surface area contributed by atoms with Crippen LogP contribution in [-0.4, -0.2) is 64.4 Å². The van der Waals surface area contributed by atoms with Gasteiger partial charge in [0.1, 0.15) is 13.1 Å². The number of carbonyl (C=O) groups excluding carboxylic acids is 3. The fourth-order valence-electron chi connectivity index (χ4n) is 1.79. The van der Waals surface area contributed by atoms with Gasteiger partial charge in [-0.05, 0) is 12.8 Å². The zero-order valence-corrected chi connectivity index (χ0v) is 9.59. The topological polar surface area (TPSA) is 107 Å². The summed E-state index contributed by atoms with van der Waals surface area (Å²) in [6.07, 6.45) is 1.53. The van der Waals surface area contributed by atoms with E-state index in [2.05, 4.69) is 5.32 Å². The second-order valence-electron chi connectivity index (χ2n) is 4.29. The van der Waals surface area contributed by atoms with Crippen molar-refractivity contribution in [2.45, 2.75) is 18.9 Å². The van der Waals surface area contributed by atoms with Crippen LogP contribution in [0.2, 0.25) is 0 Å². The predicted octanol–water partition coefficient (Wildman–Crippen LogP) is -1.39. The first-order valence-electron chi connectivity index (χ1n) is 5.58. The van der Waals surface area contributed by atoms with Crippen LogP contribution in [0, 0.1) is 0 Å². The highest BCUT2D eigenvalue weighted by Crippen LogP contribution is 2.26. The molecule has 2 aliphatic rings. The molecule has 0 aromatic rings. The second-order valence-corrected chi connectivity index (χ2v) is 4.29. The maximum Gasteiger partial charge on any atom is 0.325 e. The maximum atomic E-state index is 11.9. The zero-order valence-electron chi connectivity index (χ0n) is 9.59. The summed E-state index contributed by atoms with van der Waals surface area (Å²) < 4.78 is 0. The van der Waals surface area contributed by atoms with Gasteiger partial charge in [-0.25, -0.2) is 4.79 Å². The highest BCUT2D eigenvalue weighted by Gasteiger charge is 2.37. The van der Waals surface area contributed by atoms with E-state index in [4.69, 9.17) is 5.11 Å². The summed E-state index contributed by atoms with van der Waals surface area (Å²) in [5.74, 6) is -2.09. The van der Waals surface area contributed by atoms with E-state index in [9.17, 15) is 19.2 Å². The Morgan fingerprint density at radius 1 is 1.39 bits per heavy atom. The van der Waals surface area contributed by atoms with Crippen LogP contribution in [0.3, 0.4) is 0 Å². The summed E-state index contributed by atoms with van der Waals surface area (Å²) in [4.78, 5) is 47.1. The number of urea groups is 1. The van der Waals surface area contributed by atoms with E-state index in [1.54, 1.807) is 0 Å². The van der Waals surface area contributed by atoms with Gasteiger partial charge < -0.3 is 15.3 Å². The molecule has 0 spiro atoms. The van der Waals surface area contributed by atoms with Crippen molar-refractivity contribution in [1.29, 1.82) is 0 Å². The second kappa shape index (κ2) is 4.63. The molecule has 0 aromatic heterocycles. The molecule has 0 radical (unpaired) electrons. The number of aliphatic carboxylic acids is 1. The monoisotopic (exact) mass is 255 g/mol. The minimum absolute atomic E-state index is 0.0747. The molecule has 8 heteroatoms. The number of imide groups is 1. The van der Waals surface area contributed by atoms with E-state index in [1.165, 1.54) is 4.90 Å². The maximum absolute atomic E-state index is 11.9. The van der Waals surface area contributed by atoms with E-state index in [1.807, 2.05) is 0 Å². The van der Waals surface area contributed by atoms with Gasteiger partial charge in [0.25, 0.3) is 5.91 Å². The lowest BCUT2D eigenvalue weighted by atomic mass is 10.4. The molecule has 1 heterocycles. The Balaban J connectivity index is 1.98. The molecule has 0 unspecified atom stereocenters. The molecule has 8 nitrogen and oxygen atoms in total. The lowest BCUT2D eigenvalue weighted by Gasteiger charge is -2.22. The Hall–Kier alpha value is -2.12. The average molecular weight is 255 g/mol. The number of carboxylic acid groups (broad SMARTS) is 1. The summed E-state index contributed by atoms with van der Waals surface area (Å²) in [5, 5.41) is 11.0. The number of carbonyl (C=O) groups is 4. The molecular weight excluding hydrogens is 242 g/mol. The minimum Gasteiger partial charge on any atom is -0.480 e. The van der Waals surface area contributed by atoms with Crippen LogP contribution in [0.25, 0.3) is 0 Å². The largest absolute Gasteiger partial charge is 0.480 e. The molecule has 2 N–H and O–H groups in total. The number of nitrogens with zero attached hydrogens (tertiary/aromatic N) is 2. The lowest BCUT2D eigenvalue weighted by molar-refractivity contribution is -0.145. The van der Waals surface area contributed by atoms with Crippen LogP contribution in [0.15, 0.2) is 0 Å². The van der Waals surface area contributed by atoms with Crippen molar-refractivity contribution in [1.82, 2.24) is 15.1 Å². The molecule has 4 amide bonds. The van der Waals surface area contributed by atoms with E-state index >= 15 is 0 Å². The van der Waals surface area contributed by atoms with E-state index in [-0.39, 0.29) is 12.6 Å². The molecule has 1 aliphatic carbocycles. The van der Waals surface area contributed by atoms with Crippen LogP contribution in [0.4, 0.5) is 4.79 Å². The molecule has 98 valence electrons. The minimum atomic E-state index is -1.10. The van der Waals surface area contributed by atoms with Gasteiger partial charge >= 0.3 is 12.0 Å². The van der Waals surface area contributed by atoms with Gasteiger partial charge in [0.05, 0.1) is 6.54 Å².